The summed E-state index contributed by atoms with van der Waals surface area (Å²) in [5.41, 5.74) is 1.46. The number of aliphatic hydroxyl groups excluding tert-OH is 1. The first kappa shape index (κ1) is 14.1. The van der Waals surface area contributed by atoms with E-state index in [0.29, 0.717) is 16.3 Å². The molecular weight excluding hydrogens is 274 g/mol. The molecule has 0 saturated heterocycles. The molecule has 0 spiro atoms. The summed E-state index contributed by atoms with van der Waals surface area (Å²) < 4.78 is 5.12. The van der Waals surface area contributed by atoms with Gasteiger partial charge in [-0.15, -0.1) is 11.3 Å². The number of benzene rings is 1. The van der Waals surface area contributed by atoms with Crippen molar-refractivity contribution >= 4 is 22.9 Å². The van der Waals surface area contributed by atoms with E-state index >= 15 is 0 Å². The van der Waals surface area contributed by atoms with Crippen LogP contribution in [0.5, 0.6) is 5.75 Å². The zero-order chi connectivity index (χ0) is 14.4. The molecule has 0 aliphatic heterocycles. The van der Waals surface area contributed by atoms with Crippen LogP contribution in [-0.4, -0.2) is 24.7 Å². The second-order valence-electron chi connectivity index (χ2n) is 3.81. The highest BCUT2D eigenvalue weighted by Crippen LogP contribution is 2.25. The molecule has 1 aromatic heterocycles. The van der Waals surface area contributed by atoms with Crippen LogP contribution in [0.2, 0.25) is 0 Å². The van der Waals surface area contributed by atoms with Crippen molar-refractivity contribution in [3.05, 3.63) is 46.2 Å². The number of thiophene rings is 1. The maximum absolute atomic E-state index is 12.1. The second kappa shape index (κ2) is 6.75. The summed E-state index contributed by atoms with van der Waals surface area (Å²) in [4.78, 5) is 12.6. The lowest BCUT2D eigenvalue weighted by molar-refractivity contribution is 0.102. The number of carbonyl (C=O) groups excluding carboxylic acids is 1. The highest BCUT2D eigenvalue weighted by molar-refractivity contribution is 7.12. The Morgan fingerprint density at radius 3 is 2.75 bits per heavy atom. The van der Waals surface area contributed by atoms with Gasteiger partial charge in [0.05, 0.1) is 7.11 Å². The van der Waals surface area contributed by atoms with Crippen LogP contribution in [-0.2, 0) is 0 Å². The third-order valence-corrected chi connectivity index (χ3v) is 3.40. The number of hydrogen-bond acceptors (Lipinski definition) is 4. The van der Waals surface area contributed by atoms with Crippen LogP contribution in [0.15, 0.2) is 35.7 Å². The van der Waals surface area contributed by atoms with Crippen LogP contribution >= 0.6 is 11.3 Å². The van der Waals surface area contributed by atoms with Gasteiger partial charge in [0.25, 0.3) is 5.91 Å². The molecule has 5 heteroatoms. The minimum Gasteiger partial charge on any atom is -0.495 e. The molecule has 2 N–H and O–H groups in total. The van der Waals surface area contributed by atoms with Crippen molar-refractivity contribution in [3.8, 4) is 17.6 Å². The Balaban J connectivity index is 2.08. The average Bonchev–Trinajstić information content (AvgIpc) is 2.95. The van der Waals surface area contributed by atoms with Gasteiger partial charge in [-0.3, -0.25) is 4.79 Å². The second-order valence-corrected chi connectivity index (χ2v) is 4.73. The van der Waals surface area contributed by atoms with E-state index in [4.69, 9.17) is 9.84 Å². The molecule has 1 aromatic carbocycles. The topological polar surface area (TPSA) is 58.6 Å². The third kappa shape index (κ3) is 3.38. The summed E-state index contributed by atoms with van der Waals surface area (Å²) in [5, 5.41) is 13.2. The van der Waals surface area contributed by atoms with Crippen molar-refractivity contribution in [1.82, 2.24) is 0 Å². The molecule has 2 aromatic rings. The maximum atomic E-state index is 12.1. The van der Waals surface area contributed by atoms with Gasteiger partial charge in [0.15, 0.2) is 0 Å². The Morgan fingerprint density at radius 1 is 1.35 bits per heavy atom. The summed E-state index contributed by atoms with van der Waals surface area (Å²) >= 11 is 1.33. The van der Waals surface area contributed by atoms with Crippen LogP contribution in [0.1, 0.15) is 15.2 Å². The molecule has 2 rings (SSSR count). The van der Waals surface area contributed by atoms with E-state index in [2.05, 4.69) is 17.2 Å². The molecule has 0 bridgehead atoms. The van der Waals surface area contributed by atoms with Gasteiger partial charge in [-0.25, -0.2) is 0 Å². The standard InChI is InChI=1S/C15H13NO3S/c1-19-13-8-10-20-14(13)15(18)16-12-6-4-11(5-7-12)3-2-9-17/h4-8,10,17H,9H2,1H3,(H,16,18). The minimum absolute atomic E-state index is 0.170. The predicted octanol–water partition coefficient (Wildman–Crippen LogP) is 2.35. The van der Waals surface area contributed by atoms with Gasteiger partial charge in [-0.05, 0) is 35.7 Å². The molecule has 0 aliphatic carbocycles. The number of nitrogens with one attached hydrogen (secondary N) is 1. The Kier molecular flexibility index (Phi) is 4.77. The number of ether oxygens (including phenoxy) is 1. The number of anilines is 1. The Morgan fingerprint density at radius 2 is 2.10 bits per heavy atom. The van der Waals surface area contributed by atoms with E-state index in [1.165, 1.54) is 18.4 Å². The van der Waals surface area contributed by atoms with Gasteiger partial charge < -0.3 is 15.2 Å². The SMILES string of the molecule is COc1ccsc1C(=O)Nc1ccc(C#CCO)cc1. The van der Waals surface area contributed by atoms with Crippen LogP contribution in [0.4, 0.5) is 5.69 Å². The van der Waals surface area contributed by atoms with Crippen molar-refractivity contribution in [2.75, 3.05) is 19.0 Å². The molecule has 102 valence electrons. The van der Waals surface area contributed by atoms with Crippen LogP contribution in [0.3, 0.4) is 0 Å². The first-order chi connectivity index (χ1) is 9.74. The van der Waals surface area contributed by atoms with Gasteiger partial charge in [-0.1, -0.05) is 11.8 Å². The number of rotatable bonds is 3. The zero-order valence-corrected chi connectivity index (χ0v) is 11.7. The summed E-state index contributed by atoms with van der Waals surface area (Å²) in [6, 6.07) is 8.85. The van der Waals surface area contributed by atoms with Gasteiger partial charge >= 0.3 is 0 Å². The van der Waals surface area contributed by atoms with Gasteiger partial charge in [0, 0.05) is 11.3 Å². The first-order valence-corrected chi connectivity index (χ1v) is 6.75. The van der Waals surface area contributed by atoms with Gasteiger partial charge in [0.1, 0.15) is 17.2 Å². The number of carbonyl (C=O) groups is 1. The minimum atomic E-state index is -0.203. The number of methoxy groups -OCH3 is 1. The van der Waals surface area contributed by atoms with Crippen molar-refractivity contribution in [2.24, 2.45) is 0 Å². The van der Waals surface area contributed by atoms with Crippen LogP contribution in [0, 0.1) is 11.8 Å². The Labute approximate surface area is 121 Å². The van der Waals surface area contributed by atoms with Crippen molar-refractivity contribution in [3.63, 3.8) is 0 Å². The lowest BCUT2D eigenvalue weighted by Gasteiger charge is -2.05. The largest absolute Gasteiger partial charge is 0.495 e. The molecule has 0 unspecified atom stereocenters. The number of hydrogen-bond donors (Lipinski definition) is 2. The molecule has 0 atom stereocenters. The van der Waals surface area contributed by atoms with E-state index in [9.17, 15) is 4.79 Å². The average molecular weight is 287 g/mol. The fourth-order valence-corrected chi connectivity index (χ4v) is 2.34. The highest BCUT2D eigenvalue weighted by atomic mass is 32.1. The molecule has 4 nitrogen and oxygen atoms in total. The van der Waals surface area contributed by atoms with Crippen LogP contribution < -0.4 is 10.1 Å². The predicted molar refractivity (Wildman–Crippen MR) is 79.2 cm³/mol. The van der Waals surface area contributed by atoms with E-state index in [1.54, 1.807) is 35.7 Å². The maximum Gasteiger partial charge on any atom is 0.269 e. The van der Waals surface area contributed by atoms with E-state index in [0.717, 1.165) is 5.56 Å². The zero-order valence-electron chi connectivity index (χ0n) is 10.8. The van der Waals surface area contributed by atoms with Crippen LogP contribution in [0.25, 0.3) is 0 Å². The third-order valence-electron chi connectivity index (χ3n) is 2.51. The van der Waals surface area contributed by atoms with Crippen molar-refractivity contribution < 1.29 is 14.6 Å². The van der Waals surface area contributed by atoms with E-state index in [-0.39, 0.29) is 12.5 Å². The van der Waals surface area contributed by atoms with Gasteiger partial charge in [-0.2, -0.15) is 0 Å². The Hall–Kier alpha value is -2.29. The normalized spacial score (nSPS) is 9.50. The lowest BCUT2D eigenvalue weighted by Crippen LogP contribution is -2.11. The molecular formula is C15H13NO3S. The molecule has 1 amide bonds. The first-order valence-electron chi connectivity index (χ1n) is 5.87. The van der Waals surface area contributed by atoms with Crippen molar-refractivity contribution in [2.45, 2.75) is 0 Å². The molecule has 20 heavy (non-hydrogen) atoms. The molecule has 0 radical (unpaired) electrons. The quantitative estimate of drug-likeness (QED) is 0.852. The monoisotopic (exact) mass is 287 g/mol. The lowest BCUT2D eigenvalue weighted by atomic mass is 10.2. The molecule has 0 saturated carbocycles. The van der Waals surface area contributed by atoms with E-state index in [1.807, 2.05) is 0 Å². The summed E-state index contributed by atoms with van der Waals surface area (Å²) in [5.74, 6) is 5.72. The fourth-order valence-electron chi connectivity index (χ4n) is 1.59. The summed E-state index contributed by atoms with van der Waals surface area (Å²) in [6.07, 6.45) is 0. The molecule has 1 heterocycles. The number of aliphatic hydroxyl groups is 1. The van der Waals surface area contributed by atoms with Gasteiger partial charge in [0.2, 0.25) is 0 Å². The smallest absolute Gasteiger partial charge is 0.269 e. The molecule has 0 aliphatic rings. The summed E-state index contributed by atoms with van der Waals surface area (Å²) in [6.45, 7) is -0.170. The Bertz CT molecular complexity index is 650. The number of amides is 1. The summed E-state index contributed by atoms with van der Waals surface area (Å²) in [7, 11) is 1.54. The van der Waals surface area contributed by atoms with E-state index < -0.39 is 0 Å². The highest BCUT2D eigenvalue weighted by Gasteiger charge is 2.13. The molecule has 0 fully saturated rings. The van der Waals surface area contributed by atoms with Crippen molar-refractivity contribution in [1.29, 1.82) is 0 Å². The fraction of sp³-hybridized carbons (Fsp3) is 0.133.